The molecule has 1 heterocycles. The fraction of sp³-hybridized carbons (Fsp3) is 1.00. The molecule has 1 fully saturated rings. The Morgan fingerprint density at radius 1 is 1.47 bits per heavy atom. The molecule has 0 radical (unpaired) electrons. The normalized spacial score (nSPS) is 23.8. The summed E-state index contributed by atoms with van der Waals surface area (Å²) < 4.78 is 38.5. The molecule has 2 N–H and O–H groups in total. The highest BCUT2D eigenvalue weighted by Gasteiger charge is 2.26. The van der Waals surface area contributed by atoms with Crippen molar-refractivity contribution in [2.24, 2.45) is 0 Å². The smallest absolute Gasteiger partial charge is 0.324 e. The van der Waals surface area contributed by atoms with E-state index in [1.807, 2.05) is 11.9 Å². The Labute approximate surface area is 101 Å². The van der Waals surface area contributed by atoms with E-state index in [1.54, 1.807) is 0 Å². The van der Waals surface area contributed by atoms with Gasteiger partial charge in [0.25, 0.3) is 10.1 Å². The van der Waals surface area contributed by atoms with Crippen molar-refractivity contribution in [2.75, 3.05) is 32.1 Å². The van der Waals surface area contributed by atoms with Crippen LogP contribution in [0.2, 0.25) is 0 Å². The molecule has 17 heavy (non-hydrogen) atoms. The van der Waals surface area contributed by atoms with Crippen molar-refractivity contribution < 1.29 is 27.0 Å². The summed E-state index contributed by atoms with van der Waals surface area (Å²) in [4.78, 5) is 19.2. The predicted octanol–water partition coefficient (Wildman–Crippen LogP) is -0.395. The van der Waals surface area contributed by atoms with Crippen molar-refractivity contribution in [1.29, 1.82) is 0 Å². The third kappa shape index (κ3) is 6.49. The van der Waals surface area contributed by atoms with Crippen LogP contribution in [0.4, 0.5) is 0 Å². The Morgan fingerprint density at radius 3 is 2.65 bits per heavy atom. The molecule has 0 aromatic rings. The fourth-order valence-electron chi connectivity index (χ4n) is 1.68. The maximum absolute atomic E-state index is 11.5. The first-order valence-electron chi connectivity index (χ1n) is 5.32. The van der Waals surface area contributed by atoms with E-state index in [-0.39, 0.29) is 0 Å². The summed E-state index contributed by atoms with van der Waals surface area (Å²) in [6.07, 6.45) is 0.405. The molecule has 0 amide bonds. The number of rotatable bonds is 5. The molecule has 0 saturated carbocycles. The Balaban J connectivity index is 2.46. The highest BCUT2D eigenvalue weighted by molar-refractivity contribution is 7.87. The average molecular weight is 287 g/mol. The van der Waals surface area contributed by atoms with Crippen LogP contribution in [-0.2, 0) is 18.9 Å². The van der Waals surface area contributed by atoms with Gasteiger partial charge in [0, 0.05) is 6.54 Å². The Hall–Kier alpha value is 0.0200. The lowest BCUT2D eigenvalue weighted by Gasteiger charge is -2.28. The predicted molar refractivity (Wildman–Crippen MR) is 62.3 cm³/mol. The third-order valence-corrected chi connectivity index (χ3v) is 4.87. The number of likely N-dealkylation sites (N-methyl/N-ethyl adjacent to an activating group) is 1. The van der Waals surface area contributed by atoms with E-state index in [4.69, 9.17) is 14.0 Å². The van der Waals surface area contributed by atoms with Crippen molar-refractivity contribution in [2.45, 2.75) is 18.9 Å². The molecule has 0 aromatic heterocycles. The topological polar surface area (TPSA) is 104 Å². The van der Waals surface area contributed by atoms with Crippen LogP contribution in [0, 0.1) is 0 Å². The van der Waals surface area contributed by atoms with Gasteiger partial charge in [-0.3, -0.25) is 8.75 Å². The van der Waals surface area contributed by atoms with E-state index in [2.05, 4.69) is 0 Å². The summed E-state index contributed by atoms with van der Waals surface area (Å²) in [5.74, 6) is -0.641. The lowest BCUT2D eigenvalue weighted by Crippen LogP contribution is -2.38. The molecule has 1 atom stereocenters. The minimum atomic E-state index is -4.30. The van der Waals surface area contributed by atoms with Gasteiger partial charge >= 0.3 is 7.60 Å². The average Bonchev–Trinajstić information content (AvgIpc) is 2.13. The highest BCUT2D eigenvalue weighted by Crippen LogP contribution is 2.34. The second kappa shape index (κ2) is 5.77. The maximum atomic E-state index is 11.5. The van der Waals surface area contributed by atoms with E-state index < -0.39 is 35.7 Å². The zero-order chi connectivity index (χ0) is 13.1. The third-order valence-electron chi connectivity index (χ3n) is 2.50. The summed E-state index contributed by atoms with van der Waals surface area (Å²) in [5.41, 5.74) is 0. The molecule has 1 saturated heterocycles. The van der Waals surface area contributed by atoms with Crippen LogP contribution in [0.5, 0.6) is 0 Å². The summed E-state index contributed by atoms with van der Waals surface area (Å²) in [6, 6.07) is 0. The molecule has 9 heteroatoms. The van der Waals surface area contributed by atoms with Crippen LogP contribution in [0.25, 0.3) is 0 Å². The standard InChI is InChI=1S/C8H18NO6PS/c1-9-4-2-3-8(7-9)15-17(13,14)6-5-16(10,11)12/h8H,2-7H2,1H3,(H2,10,11,12). The summed E-state index contributed by atoms with van der Waals surface area (Å²) in [7, 11) is -6.28. The van der Waals surface area contributed by atoms with Crippen molar-refractivity contribution >= 4 is 17.7 Å². The summed E-state index contributed by atoms with van der Waals surface area (Å²) in [5, 5.41) is 0. The zero-order valence-corrected chi connectivity index (χ0v) is 11.4. The van der Waals surface area contributed by atoms with Gasteiger partial charge in [0.1, 0.15) is 0 Å². The molecule has 1 rings (SSSR count). The van der Waals surface area contributed by atoms with Gasteiger partial charge in [0.05, 0.1) is 18.0 Å². The first-order valence-corrected chi connectivity index (χ1v) is 8.69. The Morgan fingerprint density at radius 2 is 2.12 bits per heavy atom. The Bertz CT molecular complexity index is 391. The monoisotopic (exact) mass is 287 g/mol. The van der Waals surface area contributed by atoms with Gasteiger partial charge in [-0.25, -0.2) is 0 Å². The molecule has 0 bridgehead atoms. The lowest BCUT2D eigenvalue weighted by atomic mass is 10.1. The van der Waals surface area contributed by atoms with Crippen LogP contribution in [-0.4, -0.2) is 61.3 Å². The number of hydrogen-bond donors (Lipinski definition) is 2. The van der Waals surface area contributed by atoms with Crippen LogP contribution < -0.4 is 0 Å². The largest absolute Gasteiger partial charge is 0.326 e. The SMILES string of the molecule is CN1CCCC(OS(=O)(=O)CCP(=O)(O)O)C1. The van der Waals surface area contributed by atoms with Gasteiger partial charge in [0.15, 0.2) is 0 Å². The van der Waals surface area contributed by atoms with Gasteiger partial charge in [-0.05, 0) is 26.4 Å². The zero-order valence-electron chi connectivity index (χ0n) is 9.65. The first kappa shape index (κ1) is 15.1. The van der Waals surface area contributed by atoms with Gasteiger partial charge < -0.3 is 14.7 Å². The minimum Gasteiger partial charge on any atom is -0.324 e. The molecule has 1 unspecified atom stereocenters. The second-order valence-electron chi connectivity index (χ2n) is 4.27. The number of nitrogens with zero attached hydrogens (tertiary/aromatic N) is 1. The van der Waals surface area contributed by atoms with Gasteiger partial charge in [-0.1, -0.05) is 0 Å². The molecule has 0 aromatic carbocycles. The molecule has 0 spiro atoms. The maximum Gasteiger partial charge on any atom is 0.326 e. The highest BCUT2D eigenvalue weighted by atomic mass is 32.2. The van der Waals surface area contributed by atoms with E-state index in [1.165, 1.54) is 0 Å². The van der Waals surface area contributed by atoms with E-state index in [0.717, 1.165) is 13.0 Å². The second-order valence-corrected chi connectivity index (χ2v) is 7.77. The van der Waals surface area contributed by atoms with Crippen molar-refractivity contribution in [3.05, 3.63) is 0 Å². The van der Waals surface area contributed by atoms with Crippen molar-refractivity contribution in [3.8, 4) is 0 Å². The molecule has 0 aliphatic carbocycles. The van der Waals surface area contributed by atoms with Gasteiger partial charge in [0.2, 0.25) is 0 Å². The molecule has 1 aliphatic heterocycles. The number of piperidine rings is 1. The van der Waals surface area contributed by atoms with Gasteiger partial charge in [-0.2, -0.15) is 8.42 Å². The van der Waals surface area contributed by atoms with Crippen LogP contribution >= 0.6 is 7.60 Å². The quantitative estimate of drug-likeness (QED) is 0.524. The van der Waals surface area contributed by atoms with E-state index in [9.17, 15) is 13.0 Å². The summed E-state index contributed by atoms with van der Waals surface area (Å²) in [6.45, 7) is 1.43. The van der Waals surface area contributed by atoms with Crippen molar-refractivity contribution in [1.82, 2.24) is 4.90 Å². The summed E-state index contributed by atoms with van der Waals surface area (Å²) >= 11 is 0. The van der Waals surface area contributed by atoms with E-state index in [0.29, 0.717) is 13.0 Å². The Kier molecular flexibility index (Phi) is 5.12. The fourth-order valence-corrected chi connectivity index (χ4v) is 4.20. The van der Waals surface area contributed by atoms with E-state index >= 15 is 0 Å². The number of likely N-dealkylation sites (tertiary alicyclic amines) is 1. The van der Waals surface area contributed by atoms with Crippen LogP contribution in [0.3, 0.4) is 0 Å². The lowest BCUT2D eigenvalue weighted by molar-refractivity contribution is 0.110. The van der Waals surface area contributed by atoms with Crippen molar-refractivity contribution in [3.63, 3.8) is 0 Å². The molecule has 102 valence electrons. The number of hydrogen-bond acceptors (Lipinski definition) is 5. The minimum absolute atomic E-state index is 0.407. The molecular formula is C8H18NO6PS. The van der Waals surface area contributed by atoms with Crippen LogP contribution in [0.15, 0.2) is 0 Å². The van der Waals surface area contributed by atoms with Gasteiger partial charge in [-0.15, -0.1) is 0 Å². The first-order chi connectivity index (χ1) is 7.68. The molecule has 7 nitrogen and oxygen atoms in total. The van der Waals surface area contributed by atoms with Crippen LogP contribution in [0.1, 0.15) is 12.8 Å². The molecular weight excluding hydrogens is 269 g/mol. The molecule has 1 aliphatic rings.